The molecule has 2 aliphatic rings. The maximum Gasteiger partial charge on any atom is 0.227 e. The van der Waals surface area contributed by atoms with Crippen LogP contribution in [0.4, 0.5) is 4.39 Å². The van der Waals surface area contributed by atoms with Crippen molar-refractivity contribution < 1.29 is 14.0 Å². The second-order valence-electron chi connectivity index (χ2n) is 7.44. The first kappa shape index (κ1) is 18.8. The van der Waals surface area contributed by atoms with Gasteiger partial charge < -0.3 is 15.1 Å². The van der Waals surface area contributed by atoms with Gasteiger partial charge in [0.05, 0.1) is 6.42 Å². The molecule has 1 aromatic rings. The molecular weight excluding hydrogens is 333 g/mol. The van der Waals surface area contributed by atoms with Gasteiger partial charge in [-0.3, -0.25) is 9.59 Å². The van der Waals surface area contributed by atoms with Crippen LogP contribution in [-0.2, 0) is 16.0 Å². The Hall–Kier alpha value is -1.95. The van der Waals surface area contributed by atoms with Crippen molar-refractivity contribution in [1.29, 1.82) is 0 Å². The smallest absolute Gasteiger partial charge is 0.227 e. The highest BCUT2D eigenvalue weighted by Gasteiger charge is 2.30. The third kappa shape index (κ3) is 4.81. The van der Waals surface area contributed by atoms with Crippen molar-refractivity contribution in [2.45, 2.75) is 38.6 Å². The van der Waals surface area contributed by atoms with Crippen LogP contribution in [0.25, 0.3) is 0 Å². The lowest BCUT2D eigenvalue weighted by Gasteiger charge is -2.31. The molecule has 2 saturated heterocycles. The maximum absolute atomic E-state index is 13.3. The highest BCUT2D eigenvalue weighted by atomic mass is 19.1. The van der Waals surface area contributed by atoms with Gasteiger partial charge in [0.1, 0.15) is 5.82 Å². The summed E-state index contributed by atoms with van der Waals surface area (Å²) in [5, 5.41) is 3.38. The summed E-state index contributed by atoms with van der Waals surface area (Å²) in [5.74, 6) is 0.0121. The summed E-state index contributed by atoms with van der Waals surface area (Å²) < 4.78 is 13.3. The number of rotatable bonds is 3. The Morgan fingerprint density at radius 2 is 1.96 bits per heavy atom. The Morgan fingerprint density at radius 1 is 1.19 bits per heavy atom. The zero-order valence-corrected chi connectivity index (χ0v) is 15.4. The Morgan fingerprint density at radius 3 is 2.73 bits per heavy atom. The monoisotopic (exact) mass is 361 g/mol. The molecule has 2 atom stereocenters. The minimum atomic E-state index is -0.320. The third-order valence-corrected chi connectivity index (χ3v) is 5.38. The molecule has 0 aliphatic carbocycles. The van der Waals surface area contributed by atoms with Crippen molar-refractivity contribution in [1.82, 2.24) is 15.1 Å². The largest absolute Gasteiger partial charge is 0.341 e. The molecule has 6 heteroatoms. The van der Waals surface area contributed by atoms with Crippen molar-refractivity contribution >= 4 is 11.8 Å². The van der Waals surface area contributed by atoms with E-state index in [4.69, 9.17) is 0 Å². The Labute approximate surface area is 154 Å². The summed E-state index contributed by atoms with van der Waals surface area (Å²) in [6.07, 6.45) is 2.78. The van der Waals surface area contributed by atoms with E-state index in [9.17, 15) is 14.0 Å². The number of nitrogens with one attached hydrogen (secondary N) is 1. The molecule has 0 aromatic heterocycles. The molecule has 0 bridgehead atoms. The number of hydrogen-bond acceptors (Lipinski definition) is 3. The molecule has 0 saturated carbocycles. The van der Waals surface area contributed by atoms with Crippen LogP contribution in [0.15, 0.2) is 24.3 Å². The number of amides is 2. The van der Waals surface area contributed by atoms with Gasteiger partial charge in [-0.1, -0.05) is 12.1 Å². The van der Waals surface area contributed by atoms with E-state index in [1.165, 1.54) is 12.1 Å². The first-order valence-corrected chi connectivity index (χ1v) is 9.57. The molecule has 2 amide bonds. The van der Waals surface area contributed by atoms with E-state index in [0.29, 0.717) is 37.8 Å². The van der Waals surface area contributed by atoms with E-state index in [0.717, 1.165) is 25.8 Å². The fourth-order valence-electron chi connectivity index (χ4n) is 3.94. The van der Waals surface area contributed by atoms with Crippen LogP contribution in [-0.4, -0.2) is 60.4 Å². The van der Waals surface area contributed by atoms with Gasteiger partial charge in [-0.2, -0.15) is 0 Å². The van der Waals surface area contributed by atoms with E-state index in [1.54, 1.807) is 12.1 Å². The quantitative estimate of drug-likeness (QED) is 0.894. The fraction of sp³-hybridized carbons (Fsp3) is 0.600. The molecule has 1 aromatic carbocycles. The molecular formula is C20H28FN3O2. The van der Waals surface area contributed by atoms with E-state index in [1.807, 2.05) is 9.80 Å². The second kappa shape index (κ2) is 8.62. The molecule has 5 nitrogen and oxygen atoms in total. The van der Waals surface area contributed by atoms with Crippen LogP contribution in [0, 0.1) is 11.7 Å². The zero-order valence-electron chi connectivity index (χ0n) is 15.4. The number of hydrogen-bond donors (Lipinski definition) is 1. The van der Waals surface area contributed by atoms with E-state index >= 15 is 0 Å². The maximum atomic E-state index is 13.3. The predicted molar refractivity (Wildman–Crippen MR) is 98.1 cm³/mol. The summed E-state index contributed by atoms with van der Waals surface area (Å²) in [6.45, 7) is 5.52. The molecule has 1 N–H and O–H groups in total. The molecule has 26 heavy (non-hydrogen) atoms. The summed E-state index contributed by atoms with van der Waals surface area (Å²) in [4.78, 5) is 29.1. The first-order chi connectivity index (χ1) is 12.5. The lowest BCUT2D eigenvalue weighted by Crippen LogP contribution is -2.45. The Kier molecular flexibility index (Phi) is 6.25. The SMILES string of the molecule is C[C@H]1C[C@@H](C(=O)N2CCCN(C(=O)Cc3cccc(F)c3)CC2)CCN1. The second-order valence-corrected chi connectivity index (χ2v) is 7.44. The van der Waals surface area contributed by atoms with Crippen LogP contribution in [0.1, 0.15) is 31.7 Å². The summed E-state index contributed by atoms with van der Waals surface area (Å²) in [6, 6.07) is 6.57. The molecule has 0 spiro atoms. The van der Waals surface area contributed by atoms with Crippen LogP contribution < -0.4 is 5.32 Å². The number of nitrogens with zero attached hydrogens (tertiary/aromatic N) is 2. The lowest BCUT2D eigenvalue weighted by molar-refractivity contribution is -0.137. The molecule has 3 rings (SSSR count). The first-order valence-electron chi connectivity index (χ1n) is 9.57. The fourth-order valence-corrected chi connectivity index (χ4v) is 3.94. The normalized spacial score (nSPS) is 24.2. The number of carbonyl (C=O) groups is 2. The van der Waals surface area contributed by atoms with Gasteiger partial charge in [0.15, 0.2) is 0 Å². The summed E-state index contributed by atoms with van der Waals surface area (Å²) in [5.41, 5.74) is 0.691. The van der Waals surface area contributed by atoms with Gasteiger partial charge >= 0.3 is 0 Å². The van der Waals surface area contributed by atoms with Gasteiger partial charge in [-0.25, -0.2) is 4.39 Å². The number of benzene rings is 1. The van der Waals surface area contributed by atoms with Crippen molar-refractivity contribution in [3.05, 3.63) is 35.6 Å². The van der Waals surface area contributed by atoms with Crippen molar-refractivity contribution in [3.63, 3.8) is 0 Å². The van der Waals surface area contributed by atoms with Crippen molar-refractivity contribution in [3.8, 4) is 0 Å². The van der Waals surface area contributed by atoms with Gasteiger partial charge in [-0.15, -0.1) is 0 Å². The van der Waals surface area contributed by atoms with Crippen LogP contribution >= 0.6 is 0 Å². The minimum absolute atomic E-state index is 0.000359. The molecule has 0 radical (unpaired) electrons. The van der Waals surface area contributed by atoms with Gasteiger partial charge in [-0.05, 0) is 50.4 Å². The molecule has 2 aliphatic heterocycles. The minimum Gasteiger partial charge on any atom is -0.341 e. The highest BCUT2D eigenvalue weighted by Crippen LogP contribution is 2.20. The lowest BCUT2D eigenvalue weighted by atomic mass is 9.92. The molecule has 2 fully saturated rings. The average molecular weight is 361 g/mol. The highest BCUT2D eigenvalue weighted by molar-refractivity contribution is 5.80. The zero-order chi connectivity index (χ0) is 18.5. The average Bonchev–Trinajstić information content (AvgIpc) is 2.87. The molecule has 0 unspecified atom stereocenters. The van der Waals surface area contributed by atoms with Gasteiger partial charge in [0.2, 0.25) is 11.8 Å². The van der Waals surface area contributed by atoms with Crippen molar-refractivity contribution in [2.24, 2.45) is 5.92 Å². The standard InChI is InChI=1S/C20H28FN3O2/c1-15-12-17(6-7-22-15)20(26)24-9-3-8-23(10-11-24)19(25)14-16-4-2-5-18(21)13-16/h2,4-5,13,15,17,22H,3,6-12,14H2,1H3/t15-,17-/m0/s1. The molecule has 142 valence electrons. The van der Waals surface area contributed by atoms with Crippen molar-refractivity contribution in [2.75, 3.05) is 32.7 Å². The van der Waals surface area contributed by atoms with Gasteiger partial charge in [0.25, 0.3) is 0 Å². The summed E-state index contributed by atoms with van der Waals surface area (Å²) in [7, 11) is 0. The van der Waals surface area contributed by atoms with Crippen LogP contribution in [0.2, 0.25) is 0 Å². The Bertz CT molecular complexity index is 652. The number of carbonyl (C=O) groups excluding carboxylic acids is 2. The van der Waals surface area contributed by atoms with Crippen LogP contribution in [0.3, 0.4) is 0 Å². The van der Waals surface area contributed by atoms with E-state index < -0.39 is 0 Å². The van der Waals surface area contributed by atoms with Crippen LogP contribution in [0.5, 0.6) is 0 Å². The number of piperidine rings is 1. The Balaban J connectivity index is 1.54. The topological polar surface area (TPSA) is 52.7 Å². The van der Waals surface area contributed by atoms with Gasteiger partial charge in [0, 0.05) is 38.1 Å². The molecule has 2 heterocycles. The van der Waals surface area contributed by atoms with E-state index in [2.05, 4.69) is 12.2 Å². The predicted octanol–water partition coefficient (Wildman–Crippen LogP) is 1.82. The van der Waals surface area contributed by atoms with E-state index in [-0.39, 0.29) is 30.0 Å². The summed E-state index contributed by atoms with van der Waals surface area (Å²) >= 11 is 0. The third-order valence-electron chi connectivity index (χ3n) is 5.38. The number of halogens is 1.